The Morgan fingerprint density at radius 1 is 1.56 bits per heavy atom. The molecule has 0 radical (unpaired) electrons. The lowest BCUT2D eigenvalue weighted by molar-refractivity contribution is -0.137. The third kappa shape index (κ3) is 4.06. The van der Waals surface area contributed by atoms with Crippen LogP contribution >= 0.6 is 0 Å². The van der Waals surface area contributed by atoms with Gasteiger partial charge in [-0.15, -0.1) is 0 Å². The predicted octanol–water partition coefficient (Wildman–Crippen LogP) is 2.25. The number of hydrogen-bond donors (Lipinski definition) is 2. The average Bonchev–Trinajstić information content (AvgIpc) is 2.26. The largest absolute Gasteiger partial charge is 0.481 e. The smallest absolute Gasteiger partial charge is 0.305 e. The van der Waals surface area contributed by atoms with Crippen LogP contribution in [0.5, 0.6) is 0 Å². The van der Waals surface area contributed by atoms with Crippen LogP contribution < -0.4 is 5.32 Å². The van der Waals surface area contributed by atoms with Gasteiger partial charge in [-0.3, -0.25) is 4.79 Å². The Kier molecular flexibility index (Phi) is 4.27. The molecule has 1 heterocycles. The Morgan fingerprint density at radius 2 is 2.22 bits per heavy atom. The van der Waals surface area contributed by atoms with Crippen LogP contribution in [-0.4, -0.2) is 22.1 Å². The van der Waals surface area contributed by atoms with Crippen molar-refractivity contribution < 1.29 is 9.90 Å². The SMILES string of the molecule is CC(C)(C)C(CC(=O)O)Nc1cccc(C#N)n1. The van der Waals surface area contributed by atoms with Crippen molar-refractivity contribution in [3.8, 4) is 6.07 Å². The fourth-order valence-electron chi connectivity index (χ4n) is 1.50. The van der Waals surface area contributed by atoms with Crippen LogP contribution in [0.1, 0.15) is 32.9 Å². The van der Waals surface area contributed by atoms with Gasteiger partial charge in [0.05, 0.1) is 6.42 Å². The number of anilines is 1. The Balaban J connectivity index is 2.89. The van der Waals surface area contributed by atoms with Gasteiger partial charge in [0.1, 0.15) is 17.6 Å². The second-order valence-electron chi connectivity index (χ2n) is 5.18. The van der Waals surface area contributed by atoms with Crippen molar-refractivity contribution in [2.75, 3.05) is 5.32 Å². The van der Waals surface area contributed by atoms with Crippen molar-refractivity contribution in [3.05, 3.63) is 23.9 Å². The maximum atomic E-state index is 10.9. The zero-order valence-electron chi connectivity index (χ0n) is 10.8. The van der Waals surface area contributed by atoms with E-state index in [-0.39, 0.29) is 17.9 Å². The standard InChI is InChI=1S/C13H17N3O2/c1-13(2,3)10(7-12(17)18)16-11-6-4-5-9(8-14)15-11/h4-6,10H,7H2,1-3H3,(H,15,16)(H,17,18). The number of nitrogens with zero attached hydrogens (tertiary/aromatic N) is 2. The van der Waals surface area contributed by atoms with E-state index >= 15 is 0 Å². The van der Waals surface area contributed by atoms with Gasteiger partial charge in [0, 0.05) is 6.04 Å². The van der Waals surface area contributed by atoms with Crippen molar-refractivity contribution in [2.24, 2.45) is 5.41 Å². The molecule has 0 fully saturated rings. The van der Waals surface area contributed by atoms with E-state index in [4.69, 9.17) is 10.4 Å². The van der Waals surface area contributed by atoms with Gasteiger partial charge in [-0.25, -0.2) is 4.98 Å². The maximum Gasteiger partial charge on any atom is 0.305 e. The molecule has 0 spiro atoms. The summed E-state index contributed by atoms with van der Waals surface area (Å²) in [7, 11) is 0. The molecule has 18 heavy (non-hydrogen) atoms. The monoisotopic (exact) mass is 247 g/mol. The normalized spacial score (nSPS) is 12.6. The highest BCUT2D eigenvalue weighted by atomic mass is 16.4. The van der Waals surface area contributed by atoms with Gasteiger partial charge >= 0.3 is 5.97 Å². The van der Waals surface area contributed by atoms with E-state index in [9.17, 15) is 4.79 Å². The molecular weight excluding hydrogens is 230 g/mol. The lowest BCUT2D eigenvalue weighted by atomic mass is 9.85. The van der Waals surface area contributed by atoms with Gasteiger partial charge in [0.25, 0.3) is 0 Å². The highest BCUT2D eigenvalue weighted by molar-refractivity contribution is 5.68. The first-order valence-corrected chi connectivity index (χ1v) is 5.68. The summed E-state index contributed by atoms with van der Waals surface area (Å²) in [6.07, 6.45) is 0.00195. The van der Waals surface area contributed by atoms with E-state index in [1.165, 1.54) is 0 Å². The predicted molar refractivity (Wildman–Crippen MR) is 68.1 cm³/mol. The first kappa shape index (κ1) is 14.0. The molecule has 1 rings (SSSR count). The van der Waals surface area contributed by atoms with Crippen LogP contribution in [0.15, 0.2) is 18.2 Å². The molecular formula is C13H17N3O2. The minimum atomic E-state index is -0.862. The third-order valence-corrected chi connectivity index (χ3v) is 2.61. The van der Waals surface area contributed by atoms with Crippen LogP contribution in [0.3, 0.4) is 0 Å². The Labute approximate surface area is 106 Å². The summed E-state index contributed by atoms with van der Waals surface area (Å²) in [6, 6.07) is 6.75. The fraction of sp³-hybridized carbons (Fsp3) is 0.462. The summed E-state index contributed by atoms with van der Waals surface area (Å²) in [5.41, 5.74) is 0.0888. The Bertz CT molecular complexity index is 472. The van der Waals surface area contributed by atoms with E-state index < -0.39 is 5.97 Å². The number of pyridine rings is 1. The Morgan fingerprint density at radius 3 is 2.72 bits per heavy atom. The van der Waals surface area contributed by atoms with Crippen LogP contribution in [0.4, 0.5) is 5.82 Å². The molecule has 0 aromatic carbocycles. The lowest BCUT2D eigenvalue weighted by Crippen LogP contribution is -2.36. The number of hydrogen-bond acceptors (Lipinski definition) is 4. The van der Waals surface area contributed by atoms with Gasteiger partial charge in [-0.1, -0.05) is 26.8 Å². The van der Waals surface area contributed by atoms with Gasteiger partial charge in [-0.2, -0.15) is 5.26 Å². The molecule has 0 aliphatic heterocycles. The van der Waals surface area contributed by atoms with E-state index in [0.717, 1.165) is 0 Å². The molecule has 1 aromatic rings. The first-order chi connectivity index (χ1) is 8.32. The lowest BCUT2D eigenvalue weighted by Gasteiger charge is -2.30. The van der Waals surface area contributed by atoms with Crippen molar-refractivity contribution in [2.45, 2.75) is 33.2 Å². The molecule has 0 saturated heterocycles. The van der Waals surface area contributed by atoms with E-state index in [1.54, 1.807) is 18.2 Å². The van der Waals surface area contributed by atoms with E-state index in [2.05, 4.69) is 10.3 Å². The zero-order valence-corrected chi connectivity index (χ0v) is 10.8. The number of rotatable bonds is 4. The second kappa shape index (κ2) is 5.50. The molecule has 0 amide bonds. The van der Waals surface area contributed by atoms with Gasteiger partial charge < -0.3 is 10.4 Å². The molecule has 96 valence electrons. The number of aromatic nitrogens is 1. The highest BCUT2D eigenvalue weighted by Crippen LogP contribution is 2.25. The molecule has 0 saturated carbocycles. The first-order valence-electron chi connectivity index (χ1n) is 5.68. The molecule has 1 atom stereocenters. The number of aliphatic carboxylic acids is 1. The van der Waals surface area contributed by atoms with Crippen LogP contribution in [0.2, 0.25) is 0 Å². The number of nitrogens with one attached hydrogen (secondary N) is 1. The molecule has 5 nitrogen and oxygen atoms in total. The summed E-state index contributed by atoms with van der Waals surface area (Å²) in [5.74, 6) is -0.339. The zero-order chi connectivity index (χ0) is 13.8. The van der Waals surface area contributed by atoms with Crippen LogP contribution in [-0.2, 0) is 4.79 Å². The highest BCUT2D eigenvalue weighted by Gasteiger charge is 2.27. The molecule has 0 aliphatic carbocycles. The second-order valence-corrected chi connectivity index (χ2v) is 5.18. The fourth-order valence-corrected chi connectivity index (χ4v) is 1.50. The molecule has 5 heteroatoms. The number of nitriles is 1. The number of carbonyl (C=O) groups is 1. The number of carboxylic acids is 1. The summed E-state index contributed by atoms with van der Waals surface area (Å²) < 4.78 is 0. The van der Waals surface area contributed by atoms with Crippen molar-refractivity contribution >= 4 is 11.8 Å². The van der Waals surface area contributed by atoms with Crippen LogP contribution in [0, 0.1) is 16.7 Å². The molecule has 2 N–H and O–H groups in total. The minimum absolute atomic E-state index is 0.00195. The molecule has 1 unspecified atom stereocenters. The van der Waals surface area contributed by atoms with Crippen molar-refractivity contribution in [1.29, 1.82) is 5.26 Å². The average molecular weight is 247 g/mol. The minimum Gasteiger partial charge on any atom is -0.481 e. The summed E-state index contributed by atoms with van der Waals surface area (Å²) >= 11 is 0. The Hall–Kier alpha value is -2.09. The van der Waals surface area contributed by atoms with E-state index in [0.29, 0.717) is 11.5 Å². The van der Waals surface area contributed by atoms with Crippen molar-refractivity contribution in [3.63, 3.8) is 0 Å². The van der Waals surface area contributed by atoms with Gasteiger partial charge in [0.15, 0.2) is 0 Å². The molecule has 0 bridgehead atoms. The molecule has 0 aliphatic rings. The summed E-state index contributed by atoms with van der Waals surface area (Å²) in [4.78, 5) is 14.9. The quantitative estimate of drug-likeness (QED) is 0.852. The number of carboxylic acid groups (broad SMARTS) is 1. The summed E-state index contributed by atoms with van der Waals surface area (Å²) in [5, 5.41) is 20.8. The maximum absolute atomic E-state index is 10.9. The van der Waals surface area contributed by atoms with Gasteiger partial charge in [-0.05, 0) is 17.5 Å². The third-order valence-electron chi connectivity index (χ3n) is 2.61. The van der Waals surface area contributed by atoms with Gasteiger partial charge in [0.2, 0.25) is 0 Å². The molecule has 1 aromatic heterocycles. The summed E-state index contributed by atoms with van der Waals surface area (Å²) in [6.45, 7) is 5.88. The van der Waals surface area contributed by atoms with Crippen LogP contribution in [0.25, 0.3) is 0 Å². The van der Waals surface area contributed by atoms with Crippen molar-refractivity contribution in [1.82, 2.24) is 4.98 Å². The van der Waals surface area contributed by atoms with E-state index in [1.807, 2.05) is 26.8 Å². The topological polar surface area (TPSA) is 86.0 Å².